The Kier molecular flexibility index (Phi) is 7.32. The van der Waals surface area contributed by atoms with Crippen LogP contribution in [0.5, 0.6) is 0 Å². The highest BCUT2D eigenvalue weighted by Crippen LogP contribution is 2.43. The number of amides is 1. The summed E-state index contributed by atoms with van der Waals surface area (Å²) in [5.74, 6) is -0.408. The highest BCUT2D eigenvalue weighted by Gasteiger charge is 2.43. The third kappa shape index (κ3) is 7.68. The summed E-state index contributed by atoms with van der Waals surface area (Å²) < 4.78 is 5.20. The highest BCUT2D eigenvalue weighted by atomic mass is 16.6. The van der Waals surface area contributed by atoms with E-state index in [9.17, 15) is 14.7 Å². The molecule has 3 N–H and O–H groups in total. The average Bonchev–Trinajstić information content (AvgIpc) is 3.22. The number of ether oxygens (including phenoxy) is 1. The molecule has 6 nitrogen and oxygen atoms in total. The molecule has 1 aliphatic carbocycles. The molecule has 6 heteroatoms. The van der Waals surface area contributed by atoms with Gasteiger partial charge in [-0.25, -0.2) is 4.79 Å². The van der Waals surface area contributed by atoms with E-state index >= 15 is 0 Å². The quantitative estimate of drug-likeness (QED) is 0.536. The fraction of sp³-hybridized carbons (Fsp3) is 0.882. The Hall–Kier alpha value is -1.30. The van der Waals surface area contributed by atoms with Crippen LogP contribution < -0.4 is 5.32 Å². The van der Waals surface area contributed by atoms with Gasteiger partial charge in [-0.05, 0) is 46.0 Å². The predicted octanol–water partition coefficient (Wildman–Crippen LogP) is 2.93. The lowest BCUT2D eigenvalue weighted by atomic mass is 9.77. The summed E-state index contributed by atoms with van der Waals surface area (Å²) >= 11 is 0. The number of aliphatic hydroxyl groups excluding tert-OH is 1. The summed E-state index contributed by atoms with van der Waals surface area (Å²) in [4.78, 5) is 23.8. The van der Waals surface area contributed by atoms with E-state index in [1.54, 1.807) is 20.8 Å². The lowest BCUT2D eigenvalue weighted by Crippen LogP contribution is -2.45. The Labute approximate surface area is 138 Å². The number of aliphatic hydroxyl groups is 1. The number of rotatable bonds is 10. The van der Waals surface area contributed by atoms with Gasteiger partial charge in [0.05, 0.1) is 5.41 Å². The number of unbranched alkanes of at least 4 members (excludes halogenated alkanes) is 2. The van der Waals surface area contributed by atoms with Crippen LogP contribution in [0, 0.1) is 11.3 Å². The molecule has 1 unspecified atom stereocenters. The van der Waals surface area contributed by atoms with Crippen LogP contribution in [-0.2, 0) is 9.53 Å². The van der Waals surface area contributed by atoms with Gasteiger partial charge in [-0.15, -0.1) is 0 Å². The highest BCUT2D eigenvalue weighted by molar-refractivity contribution is 5.76. The van der Waals surface area contributed by atoms with Crippen molar-refractivity contribution in [3.8, 4) is 0 Å². The van der Waals surface area contributed by atoms with Crippen molar-refractivity contribution in [2.45, 2.75) is 71.3 Å². The first-order valence-corrected chi connectivity index (χ1v) is 8.50. The number of carboxylic acids is 1. The zero-order valence-corrected chi connectivity index (χ0v) is 14.6. The molecule has 0 heterocycles. The molecule has 1 rings (SSSR count). The molecule has 0 saturated heterocycles. The first-order valence-electron chi connectivity index (χ1n) is 8.50. The molecule has 134 valence electrons. The fourth-order valence-corrected chi connectivity index (χ4v) is 2.71. The molecule has 1 aliphatic rings. The van der Waals surface area contributed by atoms with Crippen molar-refractivity contribution in [2.24, 2.45) is 11.3 Å². The molecule has 0 aromatic heterocycles. The van der Waals surface area contributed by atoms with E-state index in [-0.39, 0.29) is 13.2 Å². The van der Waals surface area contributed by atoms with Gasteiger partial charge in [0.15, 0.2) is 0 Å². The maximum atomic E-state index is 11.9. The van der Waals surface area contributed by atoms with Crippen molar-refractivity contribution in [3.05, 3.63) is 0 Å². The number of hydrogen-bond donors (Lipinski definition) is 3. The van der Waals surface area contributed by atoms with Gasteiger partial charge in [0.2, 0.25) is 0 Å². The van der Waals surface area contributed by atoms with Crippen LogP contribution in [0.2, 0.25) is 0 Å². The van der Waals surface area contributed by atoms with Gasteiger partial charge in [-0.1, -0.05) is 25.7 Å². The summed E-state index contributed by atoms with van der Waals surface area (Å²) in [6.45, 7) is 5.54. The molecular weight excluding hydrogens is 298 g/mol. The second-order valence-electron chi connectivity index (χ2n) is 7.62. The number of alkyl carbamates (subject to hydrolysis) is 1. The van der Waals surface area contributed by atoms with E-state index in [1.165, 1.54) is 0 Å². The number of carboxylic acid groups (broad SMARTS) is 1. The Balaban J connectivity index is 2.64. The largest absolute Gasteiger partial charge is 0.481 e. The minimum absolute atomic E-state index is 0.0902. The van der Waals surface area contributed by atoms with Crippen LogP contribution >= 0.6 is 0 Å². The van der Waals surface area contributed by atoms with Gasteiger partial charge in [0.1, 0.15) is 5.60 Å². The van der Waals surface area contributed by atoms with Gasteiger partial charge < -0.3 is 20.3 Å². The van der Waals surface area contributed by atoms with Crippen LogP contribution in [0.1, 0.15) is 65.7 Å². The van der Waals surface area contributed by atoms with E-state index in [0.29, 0.717) is 25.2 Å². The number of carbonyl (C=O) groups is 2. The normalized spacial score (nSPS) is 17.4. The van der Waals surface area contributed by atoms with E-state index < -0.39 is 23.1 Å². The molecule has 0 aromatic carbocycles. The maximum absolute atomic E-state index is 11.9. The van der Waals surface area contributed by atoms with E-state index in [2.05, 4.69) is 5.32 Å². The van der Waals surface area contributed by atoms with Crippen molar-refractivity contribution in [3.63, 3.8) is 0 Å². The molecule has 0 radical (unpaired) electrons. The van der Waals surface area contributed by atoms with E-state index in [0.717, 1.165) is 25.7 Å². The predicted molar refractivity (Wildman–Crippen MR) is 87.2 cm³/mol. The monoisotopic (exact) mass is 329 g/mol. The molecule has 1 fully saturated rings. The Bertz CT molecular complexity index is 400. The molecule has 0 aliphatic heterocycles. The SMILES string of the molecule is CC(C)(C)OC(=O)NCC(CCCCCO)(CC1CC1)C(=O)O. The first kappa shape index (κ1) is 19.7. The summed E-state index contributed by atoms with van der Waals surface area (Å²) in [6, 6.07) is 0. The van der Waals surface area contributed by atoms with Crippen molar-refractivity contribution in [1.29, 1.82) is 0 Å². The summed E-state index contributed by atoms with van der Waals surface area (Å²) in [5, 5.41) is 21.3. The molecule has 1 atom stereocenters. The molecule has 0 aromatic rings. The van der Waals surface area contributed by atoms with E-state index in [4.69, 9.17) is 9.84 Å². The molecular formula is C17H31NO5. The van der Waals surface area contributed by atoms with Crippen molar-refractivity contribution in [1.82, 2.24) is 5.32 Å². The minimum atomic E-state index is -0.937. The van der Waals surface area contributed by atoms with Crippen molar-refractivity contribution in [2.75, 3.05) is 13.2 Å². The third-order valence-corrected chi connectivity index (χ3v) is 4.11. The summed E-state index contributed by atoms with van der Waals surface area (Å²) in [7, 11) is 0. The Morgan fingerprint density at radius 1 is 1.17 bits per heavy atom. The lowest BCUT2D eigenvalue weighted by molar-refractivity contribution is -0.150. The number of aliphatic carboxylic acids is 1. The standard InChI is InChI=1S/C17H31NO5/c1-16(2,3)23-15(22)18-12-17(14(20)21,11-13-7-8-13)9-5-4-6-10-19/h13,19H,4-12H2,1-3H3,(H,18,22)(H,20,21). The minimum Gasteiger partial charge on any atom is -0.481 e. The van der Waals surface area contributed by atoms with Gasteiger partial charge >= 0.3 is 12.1 Å². The average molecular weight is 329 g/mol. The number of nitrogens with one attached hydrogen (secondary N) is 1. The number of hydrogen-bond acceptors (Lipinski definition) is 4. The zero-order valence-electron chi connectivity index (χ0n) is 14.6. The number of carbonyl (C=O) groups excluding carboxylic acids is 1. The van der Waals surface area contributed by atoms with Crippen LogP contribution in [0.15, 0.2) is 0 Å². The summed E-state index contributed by atoms with van der Waals surface area (Å²) in [5.41, 5.74) is -1.54. The van der Waals surface area contributed by atoms with Crippen molar-refractivity contribution < 1.29 is 24.5 Å². The van der Waals surface area contributed by atoms with Crippen LogP contribution in [0.25, 0.3) is 0 Å². The molecule has 1 saturated carbocycles. The smallest absolute Gasteiger partial charge is 0.407 e. The first-order chi connectivity index (χ1) is 10.7. The van der Waals surface area contributed by atoms with Crippen LogP contribution in [-0.4, -0.2) is 41.0 Å². The second kappa shape index (κ2) is 8.52. The van der Waals surface area contributed by atoms with Crippen LogP contribution in [0.4, 0.5) is 4.79 Å². The molecule has 0 spiro atoms. The van der Waals surface area contributed by atoms with Gasteiger partial charge in [-0.2, -0.15) is 0 Å². The topological polar surface area (TPSA) is 95.9 Å². The maximum Gasteiger partial charge on any atom is 0.407 e. The third-order valence-electron chi connectivity index (χ3n) is 4.11. The molecule has 23 heavy (non-hydrogen) atoms. The van der Waals surface area contributed by atoms with Gasteiger partial charge in [0.25, 0.3) is 0 Å². The van der Waals surface area contributed by atoms with E-state index in [1.807, 2.05) is 0 Å². The molecule has 0 bridgehead atoms. The molecule has 1 amide bonds. The fourth-order valence-electron chi connectivity index (χ4n) is 2.71. The van der Waals surface area contributed by atoms with Gasteiger partial charge in [-0.3, -0.25) is 4.79 Å². The van der Waals surface area contributed by atoms with Gasteiger partial charge in [0, 0.05) is 13.2 Å². The van der Waals surface area contributed by atoms with Crippen molar-refractivity contribution >= 4 is 12.1 Å². The lowest BCUT2D eigenvalue weighted by Gasteiger charge is -2.30. The Morgan fingerprint density at radius 3 is 2.30 bits per heavy atom. The van der Waals surface area contributed by atoms with Crippen LogP contribution in [0.3, 0.4) is 0 Å². The Morgan fingerprint density at radius 2 is 1.83 bits per heavy atom. The zero-order chi connectivity index (χ0) is 17.5. The second-order valence-corrected chi connectivity index (χ2v) is 7.62. The summed E-state index contributed by atoms with van der Waals surface area (Å²) in [6.07, 6.45) is 4.87.